The van der Waals surface area contributed by atoms with Crippen LogP contribution in [0.3, 0.4) is 0 Å². The lowest BCUT2D eigenvalue weighted by atomic mass is 10.3. The first-order valence-electron chi connectivity index (χ1n) is 6.65. The predicted octanol–water partition coefficient (Wildman–Crippen LogP) is 2.61. The highest BCUT2D eigenvalue weighted by Crippen LogP contribution is 2.29. The van der Waals surface area contributed by atoms with Gasteiger partial charge < -0.3 is 4.74 Å². The van der Waals surface area contributed by atoms with E-state index in [9.17, 15) is 8.42 Å². The van der Waals surface area contributed by atoms with Crippen molar-refractivity contribution < 1.29 is 13.2 Å². The maximum atomic E-state index is 12.7. The summed E-state index contributed by atoms with van der Waals surface area (Å²) in [4.78, 5) is 4.25. The second kappa shape index (κ2) is 7.09. The molecular weight excluding hydrogens is 324 g/mol. The summed E-state index contributed by atoms with van der Waals surface area (Å²) in [5.74, 6) is 0.272. The molecule has 0 N–H and O–H groups in total. The molecule has 118 valence electrons. The van der Waals surface area contributed by atoms with E-state index in [0.29, 0.717) is 18.0 Å². The van der Waals surface area contributed by atoms with Crippen molar-refractivity contribution in [3.05, 3.63) is 53.3 Å². The molecule has 0 saturated carbocycles. The summed E-state index contributed by atoms with van der Waals surface area (Å²) in [5, 5.41) is 0.345. The van der Waals surface area contributed by atoms with E-state index in [1.165, 1.54) is 24.5 Å². The van der Waals surface area contributed by atoms with Crippen molar-refractivity contribution in [2.75, 3.05) is 20.7 Å². The summed E-state index contributed by atoms with van der Waals surface area (Å²) in [7, 11) is -0.725. The third kappa shape index (κ3) is 3.76. The number of ether oxygens (including phenoxy) is 1. The summed E-state index contributed by atoms with van der Waals surface area (Å²) in [6.45, 7) is 0.314. The standard InChI is InChI=1S/C15H17ClN2O3S/c1-18(10-8-13-5-3-4-9-17-13)22(19,20)15-11-12(16)6-7-14(15)21-2/h3-7,9,11H,8,10H2,1-2H3. The van der Waals surface area contributed by atoms with Gasteiger partial charge in [0.05, 0.1) is 7.11 Å². The van der Waals surface area contributed by atoms with Crippen LogP contribution < -0.4 is 4.74 Å². The molecule has 0 amide bonds. The number of benzene rings is 1. The van der Waals surface area contributed by atoms with Gasteiger partial charge in [-0.2, -0.15) is 0 Å². The number of methoxy groups -OCH3 is 1. The summed E-state index contributed by atoms with van der Waals surface area (Å²) >= 11 is 5.91. The Morgan fingerprint density at radius 1 is 1.27 bits per heavy atom. The number of aromatic nitrogens is 1. The van der Waals surface area contributed by atoms with E-state index < -0.39 is 10.0 Å². The Morgan fingerprint density at radius 3 is 2.68 bits per heavy atom. The number of likely N-dealkylation sites (N-methyl/N-ethyl adjacent to an activating group) is 1. The smallest absolute Gasteiger partial charge is 0.246 e. The normalized spacial score (nSPS) is 11.6. The SMILES string of the molecule is COc1ccc(Cl)cc1S(=O)(=O)N(C)CCc1ccccn1. The van der Waals surface area contributed by atoms with Crippen LogP contribution in [-0.4, -0.2) is 38.4 Å². The third-order valence-corrected chi connectivity index (χ3v) is 5.34. The Hall–Kier alpha value is -1.63. The quantitative estimate of drug-likeness (QED) is 0.811. The summed E-state index contributed by atoms with van der Waals surface area (Å²) in [6, 6.07) is 10.1. The van der Waals surface area contributed by atoms with Crippen LogP contribution in [0.1, 0.15) is 5.69 Å². The fourth-order valence-electron chi connectivity index (χ4n) is 1.96. The molecular formula is C15H17ClN2O3S. The predicted molar refractivity (Wildman–Crippen MR) is 85.8 cm³/mol. The van der Waals surface area contributed by atoms with E-state index in [4.69, 9.17) is 16.3 Å². The highest BCUT2D eigenvalue weighted by Gasteiger charge is 2.25. The Balaban J connectivity index is 2.21. The van der Waals surface area contributed by atoms with Gasteiger partial charge in [-0.05, 0) is 30.3 Å². The van der Waals surface area contributed by atoms with Crippen molar-refractivity contribution in [1.82, 2.24) is 9.29 Å². The van der Waals surface area contributed by atoms with Gasteiger partial charge in [0.2, 0.25) is 10.0 Å². The fourth-order valence-corrected chi connectivity index (χ4v) is 3.54. The van der Waals surface area contributed by atoms with Crippen molar-refractivity contribution >= 4 is 21.6 Å². The Bertz CT molecular complexity index is 736. The molecule has 2 rings (SSSR count). The topological polar surface area (TPSA) is 59.5 Å². The molecule has 0 fully saturated rings. The van der Waals surface area contributed by atoms with Crippen LogP contribution in [0.15, 0.2) is 47.5 Å². The van der Waals surface area contributed by atoms with E-state index in [2.05, 4.69) is 4.98 Å². The number of pyridine rings is 1. The van der Waals surface area contributed by atoms with Crippen LogP contribution in [0.5, 0.6) is 5.75 Å². The van der Waals surface area contributed by atoms with Crippen molar-refractivity contribution in [1.29, 1.82) is 0 Å². The van der Waals surface area contributed by atoms with Crippen LogP contribution in [-0.2, 0) is 16.4 Å². The van der Waals surface area contributed by atoms with E-state index >= 15 is 0 Å². The van der Waals surface area contributed by atoms with Gasteiger partial charge >= 0.3 is 0 Å². The zero-order chi connectivity index (χ0) is 16.2. The van der Waals surface area contributed by atoms with Gasteiger partial charge in [-0.1, -0.05) is 17.7 Å². The van der Waals surface area contributed by atoms with Crippen LogP contribution in [0.4, 0.5) is 0 Å². The van der Waals surface area contributed by atoms with E-state index in [1.807, 2.05) is 18.2 Å². The zero-order valence-corrected chi connectivity index (χ0v) is 13.9. The minimum Gasteiger partial charge on any atom is -0.495 e. The molecule has 0 saturated heterocycles. The molecule has 0 spiro atoms. The number of halogens is 1. The first kappa shape index (κ1) is 16.7. The van der Waals surface area contributed by atoms with Crippen molar-refractivity contribution in [3.8, 4) is 5.75 Å². The summed E-state index contributed by atoms with van der Waals surface area (Å²) in [5.41, 5.74) is 0.836. The second-order valence-corrected chi connectivity index (χ2v) is 7.14. The van der Waals surface area contributed by atoms with Crippen LogP contribution in [0, 0.1) is 0 Å². The molecule has 22 heavy (non-hydrogen) atoms. The van der Waals surface area contributed by atoms with E-state index in [0.717, 1.165) is 5.69 Å². The number of rotatable bonds is 6. The molecule has 1 aromatic carbocycles. The minimum atomic E-state index is -3.68. The third-order valence-electron chi connectivity index (χ3n) is 3.22. The molecule has 0 unspecified atom stereocenters. The lowest BCUT2D eigenvalue weighted by Gasteiger charge is -2.18. The lowest BCUT2D eigenvalue weighted by Crippen LogP contribution is -2.29. The second-order valence-electron chi connectivity index (χ2n) is 4.69. The summed E-state index contributed by atoms with van der Waals surface area (Å²) in [6.07, 6.45) is 2.21. The number of hydrogen-bond donors (Lipinski definition) is 0. The number of sulfonamides is 1. The van der Waals surface area contributed by atoms with Gasteiger partial charge in [-0.25, -0.2) is 12.7 Å². The number of hydrogen-bond acceptors (Lipinski definition) is 4. The molecule has 0 bridgehead atoms. The number of nitrogens with zero attached hydrogens (tertiary/aromatic N) is 2. The van der Waals surface area contributed by atoms with Gasteiger partial charge in [0.1, 0.15) is 10.6 Å². The molecule has 0 radical (unpaired) electrons. The Labute approximate surface area is 135 Å². The highest BCUT2D eigenvalue weighted by molar-refractivity contribution is 7.89. The largest absolute Gasteiger partial charge is 0.495 e. The van der Waals surface area contributed by atoms with Crippen LogP contribution >= 0.6 is 11.6 Å². The molecule has 1 aromatic heterocycles. The minimum absolute atomic E-state index is 0.0611. The lowest BCUT2D eigenvalue weighted by molar-refractivity contribution is 0.398. The van der Waals surface area contributed by atoms with Gasteiger partial charge in [-0.3, -0.25) is 4.98 Å². The Kier molecular flexibility index (Phi) is 5.39. The van der Waals surface area contributed by atoms with Gasteiger partial charge in [0.15, 0.2) is 0 Å². The van der Waals surface area contributed by atoms with Crippen molar-refractivity contribution in [2.45, 2.75) is 11.3 Å². The van der Waals surface area contributed by atoms with Crippen molar-refractivity contribution in [3.63, 3.8) is 0 Å². The monoisotopic (exact) mass is 340 g/mol. The maximum Gasteiger partial charge on any atom is 0.246 e. The first-order chi connectivity index (χ1) is 10.4. The molecule has 0 aliphatic rings. The van der Waals surface area contributed by atoms with Gasteiger partial charge in [0, 0.05) is 36.9 Å². The molecule has 2 aromatic rings. The average molecular weight is 341 g/mol. The molecule has 0 aliphatic heterocycles. The molecule has 0 aliphatic carbocycles. The van der Waals surface area contributed by atoms with Crippen molar-refractivity contribution in [2.24, 2.45) is 0 Å². The molecule has 0 atom stereocenters. The fraction of sp³-hybridized carbons (Fsp3) is 0.267. The van der Waals surface area contributed by atoms with Crippen LogP contribution in [0.25, 0.3) is 0 Å². The van der Waals surface area contributed by atoms with E-state index in [1.54, 1.807) is 18.3 Å². The van der Waals surface area contributed by atoms with E-state index in [-0.39, 0.29) is 10.6 Å². The molecule has 7 heteroatoms. The first-order valence-corrected chi connectivity index (χ1v) is 8.46. The zero-order valence-electron chi connectivity index (χ0n) is 12.4. The van der Waals surface area contributed by atoms with Gasteiger partial charge in [-0.15, -0.1) is 0 Å². The average Bonchev–Trinajstić information content (AvgIpc) is 2.53. The maximum absolute atomic E-state index is 12.7. The van der Waals surface area contributed by atoms with Crippen LogP contribution in [0.2, 0.25) is 5.02 Å². The molecule has 5 nitrogen and oxygen atoms in total. The highest BCUT2D eigenvalue weighted by atomic mass is 35.5. The summed E-state index contributed by atoms with van der Waals surface area (Å²) < 4.78 is 31.7. The Morgan fingerprint density at radius 2 is 2.05 bits per heavy atom. The van der Waals surface area contributed by atoms with Gasteiger partial charge in [0.25, 0.3) is 0 Å². The molecule has 1 heterocycles.